The Kier molecular flexibility index (Phi) is 3.71. The summed E-state index contributed by atoms with van der Waals surface area (Å²) in [6.45, 7) is 0. The lowest BCUT2D eigenvalue weighted by Crippen LogP contribution is -2.31. The predicted octanol–water partition coefficient (Wildman–Crippen LogP) is 1.63. The van der Waals surface area contributed by atoms with E-state index in [1.54, 1.807) is 24.3 Å². The number of aliphatic carboxylic acids is 1. The maximum absolute atomic E-state index is 12.0. The number of carbonyl (C=O) groups is 3. The van der Waals surface area contributed by atoms with Crippen molar-refractivity contribution in [2.24, 2.45) is 0 Å². The zero-order valence-corrected chi connectivity index (χ0v) is 10.6. The van der Waals surface area contributed by atoms with Crippen molar-refractivity contribution < 1.29 is 19.5 Å². The number of carboxylic acid groups (broad SMARTS) is 1. The number of halogens is 1. The Morgan fingerprint density at radius 1 is 1.32 bits per heavy atom. The van der Waals surface area contributed by atoms with Crippen molar-refractivity contribution in [3.05, 3.63) is 29.3 Å². The summed E-state index contributed by atoms with van der Waals surface area (Å²) in [5, 5.41) is 11.5. The van der Waals surface area contributed by atoms with Gasteiger partial charge in [-0.05, 0) is 30.7 Å². The molecular weight excluding hydrogens is 272 g/mol. The van der Waals surface area contributed by atoms with E-state index in [4.69, 9.17) is 16.7 Å². The number of hydrogen-bond donors (Lipinski definition) is 2. The first-order valence-corrected chi connectivity index (χ1v) is 5.98. The van der Waals surface area contributed by atoms with E-state index >= 15 is 0 Å². The zero-order valence-electron chi connectivity index (χ0n) is 9.80. The van der Waals surface area contributed by atoms with Gasteiger partial charge in [0, 0.05) is 11.4 Å². The van der Waals surface area contributed by atoms with Crippen LogP contribution in [0.1, 0.15) is 12.8 Å². The highest BCUT2D eigenvalue weighted by molar-refractivity contribution is 6.30. The maximum Gasteiger partial charge on any atom is 0.329 e. The number of urea groups is 1. The second-order valence-corrected chi connectivity index (χ2v) is 4.52. The fraction of sp³-hybridized carbons (Fsp3) is 0.250. The first-order valence-electron chi connectivity index (χ1n) is 5.61. The van der Waals surface area contributed by atoms with Crippen molar-refractivity contribution in [1.29, 1.82) is 0 Å². The standard InChI is InChI=1S/C12H11ClN2O4/c13-7-1-3-8(4-2-7)15-11(18)9(14-12(15)19)5-6-10(16)17/h1-4,9H,5-6H2,(H,14,19)(H,16,17)/t9-/m1/s1. The van der Waals surface area contributed by atoms with Crippen LogP contribution < -0.4 is 10.2 Å². The Balaban J connectivity index is 2.14. The minimum absolute atomic E-state index is 0.0734. The highest BCUT2D eigenvalue weighted by Crippen LogP contribution is 2.22. The molecule has 1 heterocycles. The molecule has 0 spiro atoms. The Hall–Kier alpha value is -2.08. The molecule has 2 N–H and O–H groups in total. The molecule has 0 aromatic heterocycles. The molecule has 1 aromatic rings. The normalized spacial score (nSPS) is 18.6. The quantitative estimate of drug-likeness (QED) is 0.822. The van der Waals surface area contributed by atoms with Crippen LogP contribution >= 0.6 is 11.6 Å². The number of rotatable bonds is 4. The first kappa shape index (κ1) is 13.4. The van der Waals surface area contributed by atoms with Crippen LogP contribution in [0.4, 0.5) is 10.5 Å². The van der Waals surface area contributed by atoms with Crippen LogP contribution in [0, 0.1) is 0 Å². The van der Waals surface area contributed by atoms with Crippen molar-refractivity contribution in [2.75, 3.05) is 4.90 Å². The van der Waals surface area contributed by atoms with Crippen LogP contribution in [-0.4, -0.2) is 29.1 Å². The molecule has 1 aliphatic heterocycles. The Morgan fingerprint density at radius 3 is 2.53 bits per heavy atom. The average Bonchev–Trinajstić information content (AvgIpc) is 2.63. The first-order chi connectivity index (χ1) is 8.99. The van der Waals surface area contributed by atoms with Crippen molar-refractivity contribution in [3.63, 3.8) is 0 Å². The van der Waals surface area contributed by atoms with E-state index in [0.717, 1.165) is 4.90 Å². The van der Waals surface area contributed by atoms with E-state index in [1.165, 1.54) is 0 Å². The lowest BCUT2D eigenvalue weighted by atomic mass is 10.1. The predicted molar refractivity (Wildman–Crippen MR) is 68.1 cm³/mol. The van der Waals surface area contributed by atoms with Gasteiger partial charge in [-0.1, -0.05) is 11.6 Å². The number of imide groups is 1. The van der Waals surface area contributed by atoms with Gasteiger partial charge in [-0.3, -0.25) is 9.59 Å². The summed E-state index contributed by atoms with van der Waals surface area (Å²) in [5.41, 5.74) is 0.407. The fourth-order valence-electron chi connectivity index (χ4n) is 1.83. The van der Waals surface area contributed by atoms with Gasteiger partial charge in [0.05, 0.1) is 5.69 Å². The molecule has 0 aliphatic carbocycles. The minimum Gasteiger partial charge on any atom is -0.481 e. The van der Waals surface area contributed by atoms with Crippen LogP contribution in [0.2, 0.25) is 5.02 Å². The minimum atomic E-state index is -1.01. The summed E-state index contributed by atoms with van der Waals surface area (Å²) in [4.78, 5) is 35.2. The molecule has 6 nitrogen and oxygen atoms in total. The van der Waals surface area contributed by atoms with Gasteiger partial charge in [-0.25, -0.2) is 9.69 Å². The maximum atomic E-state index is 12.0. The fourth-order valence-corrected chi connectivity index (χ4v) is 1.96. The Bertz CT molecular complexity index is 529. The Morgan fingerprint density at radius 2 is 1.95 bits per heavy atom. The summed E-state index contributed by atoms with van der Waals surface area (Å²) >= 11 is 5.74. The molecule has 3 amide bonds. The molecule has 0 saturated carbocycles. The van der Waals surface area contributed by atoms with Crippen molar-refractivity contribution in [1.82, 2.24) is 5.32 Å². The summed E-state index contributed by atoms with van der Waals surface area (Å²) in [7, 11) is 0. The topological polar surface area (TPSA) is 86.7 Å². The number of hydrogen-bond acceptors (Lipinski definition) is 3. The van der Waals surface area contributed by atoms with E-state index in [0.29, 0.717) is 10.7 Å². The Labute approximate surface area is 114 Å². The zero-order chi connectivity index (χ0) is 14.0. The summed E-state index contributed by atoms with van der Waals surface area (Å²) in [6, 6.07) is 4.91. The van der Waals surface area contributed by atoms with Crippen LogP contribution in [0.3, 0.4) is 0 Å². The second kappa shape index (κ2) is 5.27. The van der Waals surface area contributed by atoms with Crippen LogP contribution in [0.25, 0.3) is 0 Å². The monoisotopic (exact) mass is 282 g/mol. The van der Waals surface area contributed by atoms with Gasteiger partial charge < -0.3 is 10.4 Å². The van der Waals surface area contributed by atoms with Crippen LogP contribution in [0.5, 0.6) is 0 Å². The average molecular weight is 283 g/mol. The number of benzene rings is 1. The van der Waals surface area contributed by atoms with Crippen molar-refractivity contribution in [2.45, 2.75) is 18.9 Å². The van der Waals surface area contributed by atoms with Crippen molar-refractivity contribution >= 4 is 35.2 Å². The van der Waals surface area contributed by atoms with E-state index in [1.807, 2.05) is 0 Å². The molecule has 0 unspecified atom stereocenters. The number of carbonyl (C=O) groups excluding carboxylic acids is 2. The molecule has 0 bridgehead atoms. The van der Waals surface area contributed by atoms with Crippen LogP contribution in [-0.2, 0) is 9.59 Å². The van der Waals surface area contributed by atoms with Gasteiger partial charge in [-0.15, -0.1) is 0 Å². The number of nitrogens with zero attached hydrogens (tertiary/aromatic N) is 1. The summed E-state index contributed by atoms with van der Waals surface area (Å²) in [6.07, 6.45) is -0.102. The lowest BCUT2D eigenvalue weighted by molar-refractivity contribution is -0.137. The van der Waals surface area contributed by atoms with Gasteiger partial charge in [0.25, 0.3) is 5.91 Å². The number of carboxylic acids is 1. The molecule has 2 rings (SSSR count). The van der Waals surface area contributed by atoms with E-state index in [-0.39, 0.29) is 12.8 Å². The molecule has 0 radical (unpaired) electrons. The highest BCUT2D eigenvalue weighted by Gasteiger charge is 2.38. The third kappa shape index (κ3) is 2.85. The summed E-state index contributed by atoms with van der Waals surface area (Å²) < 4.78 is 0. The smallest absolute Gasteiger partial charge is 0.329 e. The van der Waals surface area contributed by atoms with Gasteiger partial charge >= 0.3 is 12.0 Å². The van der Waals surface area contributed by atoms with Gasteiger partial charge in [-0.2, -0.15) is 0 Å². The van der Waals surface area contributed by atoms with Crippen molar-refractivity contribution in [3.8, 4) is 0 Å². The number of anilines is 1. The third-order valence-corrected chi connectivity index (χ3v) is 3.00. The SMILES string of the molecule is O=C(O)CC[C@H]1NC(=O)N(c2ccc(Cl)cc2)C1=O. The molecule has 1 saturated heterocycles. The second-order valence-electron chi connectivity index (χ2n) is 4.08. The van der Waals surface area contributed by atoms with Gasteiger partial charge in [0.15, 0.2) is 0 Å². The molecule has 1 aliphatic rings. The van der Waals surface area contributed by atoms with E-state index in [2.05, 4.69) is 5.32 Å². The van der Waals surface area contributed by atoms with Gasteiger partial charge in [0.2, 0.25) is 0 Å². The van der Waals surface area contributed by atoms with Gasteiger partial charge in [0.1, 0.15) is 6.04 Å². The molecule has 7 heteroatoms. The van der Waals surface area contributed by atoms with E-state index in [9.17, 15) is 14.4 Å². The van der Waals surface area contributed by atoms with Crippen LogP contribution in [0.15, 0.2) is 24.3 Å². The largest absolute Gasteiger partial charge is 0.481 e. The van der Waals surface area contributed by atoms with E-state index < -0.39 is 23.9 Å². The molecule has 1 atom stereocenters. The highest BCUT2D eigenvalue weighted by atomic mass is 35.5. The molecular formula is C12H11ClN2O4. The molecule has 19 heavy (non-hydrogen) atoms. The molecule has 100 valence electrons. The number of nitrogens with one attached hydrogen (secondary N) is 1. The lowest BCUT2D eigenvalue weighted by Gasteiger charge is -2.12. The number of amides is 3. The molecule has 1 fully saturated rings. The third-order valence-electron chi connectivity index (χ3n) is 2.75. The summed E-state index contributed by atoms with van der Waals surface area (Å²) in [5.74, 6) is -1.46. The molecule has 1 aromatic carbocycles.